The number of carbonyl (C=O) groups is 1. The van der Waals surface area contributed by atoms with Crippen molar-refractivity contribution in [3.05, 3.63) is 53.7 Å². The Kier molecular flexibility index (Phi) is 6.78. The Morgan fingerprint density at radius 3 is 2.50 bits per heavy atom. The molecule has 2 atom stereocenters. The first-order valence-corrected chi connectivity index (χ1v) is 12.5. The molecule has 1 aromatic heterocycles. The van der Waals surface area contributed by atoms with Gasteiger partial charge in [-0.2, -0.15) is 4.31 Å². The number of carbonyl (C=O) groups excluding carboxylic acids is 1. The molecule has 1 amide bonds. The van der Waals surface area contributed by atoms with E-state index in [1.54, 1.807) is 24.4 Å². The number of rotatable bonds is 6. The first kappa shape index (κ1) is 22.7. The standard InChI is InChI=1S/C23H30N4O4S/c1-17-15-26(16-18(2)31-17)22-9-8-19(13-24-22)14-25-23(28)20-6-5-7-21(12-20)32(29,30)27-10-3-4-11-27/h5-9,12-13,17-18H,3-4,10-11,14-16H2,1-2H3,(H,25,28). The van der Waals surface area contributed by atoms with E-state index in [2.05, 4.69) is 29.0 Å². The topological polar surface area (TPSA) is 91.8 Å². The summed E-state index contributed by atoms with van der Waals surface area (Å²) in [5, 5.41) is 2.86. The van der Waals surface area contributed by atoms with Gasteiger partial charge in [0.25, 0.3) is 5.91 Å². The van der Waals surface area contributed by atoms with Gasteiger partial charge in [-0.1, -0.05) is 12.1 Å². The predicted molar refractivity (Wildman–Crippen MR) is 122 cm³/mol. The van der Waals surface area contributed by atoms with E-state index in [0.717, 1.165) is 37.3 Å². The van der Waals surface area contributed by atoms with Gasteiger partial charge in [-0.3, -0.25) is 4.79 Å². The molecule has 2 saturated heterocycles. The number of morpholine rings is 1. The molecule has 32 heavy (non-hydrogen) atoms. The van der Waals surface area contributed by atoms with Crippen molar-refractivity contribution in [1.82, 2.24) is 14.6 Å². The molecule has 2 unspecified atom stereocenters. The number of anilines is 1. The third-order valence-electron chi connectivity index (χ3n) is 5.80. The van der Waals surface area contributed by atoms with E-state index < -0.39 is 10.0 Å². The summed E-state index contributed by atoms with van der Waals surface area (Å²) in [4.78, 5) is 19.6. The minimum Gasteiger partial charge on any atom is -0.372 e. The van der Waals surface area contributed by atoms with Gasteiger partial charge >= 0.3 is 0 Å². The van der Waals surface area contributed by atoms with E-state index in [1.807, 2.05) is 12.1 Å². The Morgan fingerprint density at radius 2 is 1.84 bits per heavy atom. The van der Waals surface area contributed by atoms with Gasteiger partial charge < -0.3 is 15.0 Å². The normalized spacial score (nSPS) is 22.1. The second-order valence-electron chi connectivity index (χ2n) is 8.51. The van der Waals surface area contributed by atoms with E-state index >= 15 is 0 Å². The van der Waals surface area contributed by atoms with Crippen molar-refractivity contribution in [1.29, 1.82) is 0 Å². The van der Waals surface area contributed by atoms with Crippen molar-refractivity contribution < 1.29 is 17.9 Å². The summed E-state index contributed by atoms with van der Waals surface area (Å²) in [7, 11) is -3.56. The molecule has 2 aromatic rings. The zero-order valence-corrected chi connectivity index (χ0v) is 19.3. The van der Waals surface area contributed by atoms with Gasteiger partial charge in [0.2, 0.25) is 10.0 Å². The molecule has 0 radical (unpaired) electrons. The van der Waals surface area contributed by atoms with Crippen molar-refractivity contribution in [2.45, 2.75) is 50.3 Å². The Hall–Kier alpha value is -2.49. The van der Waals surface area contributed by atoms with E-state index in [4.69, 9.17) is 4.74 Å². The molecule has 3 heterocycles. The zero-order valence-electron chi connectivity index (χ0n) is 18.5. The van der Waals surface area contributed by atoms with Gasteiger partial charge in [0.05, 0.1) is 17.1 Å². The summed E-state index contributed by atoms with van der Waals surface area (Å²) < 4.78 is 32.8. The van der Waals surface area contributed by atoms with Crippen LogP contribution in [0.25, 0.3) is 0 Å². The van der Waals surface area contributed by atoms with Crippen LogP contribution >= 0.6 is 0 Å². The third-order valence-corrected chi connectivity index (χ3v) is 7.70. The van der Waals surface area contributed by atoms with Gasteiger partial charge in [0, 0.05) is 44.5 Å². The molecule has 0 bridgehead atoms. The summed E-state index contributed by atoms with van der Waals surface area (Å²) in [5.74, 6) is 0.574. The maximum atomic E-state index is 12.8. The molecule has 0 spiro atoms. The average molecular weight is 459 g/mol. The van der Waals surface area contributed by atoms with Crippen molar-refractivity contribution in [2.75, 3.05) is 31.1 Å². The van der Waals surface area contributed by atoms with Crippen molar-refractivity contribution >= 4 is 21.7 Å². The molecular weight excluding hydrogens is 428 g/mol. The number of ether oxygens (including phenoxy) is 1. The van der Waals surface area contributed by atoms with E-state index in [9.17, 15) is 13.2 Å². The third kappa shape index (κ3) is 5.11. The first-order chi connectivity index (χ1) is 15.3. The molecule has 9 heteroatoms. The maximum Gasteiger partial charge on any atom is 0.251 e. The SMILES string of the molecule is CC1CN(c2ccc(CNC(=O)c3cccc(S(=O)(=O)N4CCCC4)c3)cn2)CC(C)O1. The van der Waals surface area contributed by atoms with Gasteiger partial charge in [0.15, 0.2) is 0 Å². The van der Waals surface area contributed by atoms with Gasteiger partial charge in [-0.25, -0.2) is 13.4 Å². The van der Waals surface area contributed by atoms with Crippen molar-refractivity contribution in [3.8, 4) is 0 Å². The van der Waals surface area contributed by atoms with Crippen molar-refractivity contribution in [2.24, 2.45) is 0 Å². The highest BCUT2D eigenvalue weighted by molar-refractivity contribution is 7.89. The van der Waals surface area contributed by atoms with Crippen LogP contribution in [0.3, 0.4) is 0 Å². The summed E-state index contributed by atoms with van der Waals surface area (Å²) in [6, 6.07) is 10.1. The highest BCUT2D eigenvalue weighted by Crippen LogP contribution is 2.22. The summed E-state index contributed by atoms with van der Waals surface area (Å²) >= 11 is 0. The maximum absolute atomic E-state index is 12.8. The van der Waals surface area contributed by atoms with Crippen LogP contribution in [0.15, 0.2) is 47.5 Å². The van der Waals surface area contributed by atoms with Gasteiger partial charge in [0.1, 0.15) is 5.82 Å². The molecule has 172 valence electrons. The Morgan fingerprint density at radius 1 is 1.12 bits per heavy atom. The smallest absolute Gasteiger partial charge is 0.251 e. The minimum atomic E-state index is -3.56. The van der Waals surface area contributed by atoms with Gasteiger partial charge in [-0.15, -0.1) is 0 Å². The van der Waals surface area contributed by atoms with Crippen LogP contribution < -0.4 is 10.2 Å². The number of amides is 1. The summed E-state index contributed by atoms with van der Waals surface area (Å²) in [6.07, 6.45) is 3.81. The van der Waals surface area contributed by atoms with E-state index in [0.29, 0.717) is 25.2 Å². The number of nitrogens with zero attached hydrogens (tertiary/aromatic N) is 3. The second-order valence-corrected chi connectivity index (χ2v) is 10.4. The molecule has 2 aliphatic rings. The monoisotopic (exact) mass is 458 g/mol. The molecule has 1 N–H and O–H groups in total. The fraction of sp³-hybridized carbons (Fsp3) is 0.478. The molecule has 0 saturated carbocycles. The van der Waals surface area contributed by atoms with Crippen LogP contribution in [0.2, 0.25) is 0 Å². The fourth-order valence-corrected chi connectivity index (χ4v) is 5.80. The van der Waals surface area contributed by atoms with E-state index in [-0.39, 0.29) is 23.0 Å². The number of hydrogen-bond donors (Lipinski definition) is 1. The van der Waals surface area contributed by atoms with Crippen LogP contribution in [0.4, 0.5) is 5.82 Å². The second kappa shape index (κ2) is 9.56. The number of aromatic nitrogens is 1. The number of nitrogens with one attached hydrogen (secondary N) is 1. The Bertz CT molecular complexity index is 1040. The molecule has 0 aliphatic carbocycles. The van der Waals surface area contributed by atoms with Crippen LogP contribution in [0.1, 0.15) is 42.6 Å². The highest BCUT2D eigenvalue weighted by atomic mass is 32.2. The van der Waals surface area contributed by atoms with Crippen molar-refractivity contribution in [3.63, 3.8) is 0 Å². The highest BCUT2D eigenvalue weighted by Gasteiger charge is 2.27. The largest absolute Gasteiger partial charge is 0.372 e. The average Bonchev–Trinajstić information content (AvgIpc) is 3.33. The lowest BCUT2D eigenvalue weighted by atomic mass is 10.2. The van der Waals surface area contributed by atoms with Crippen LogP contribution in [0, 0.1) is 0 Å². The molecule has 8 nitrogen and oxygen atoms in total. The molecule has 2 aliphatic heterocycles. The minimum absolute atomic E-state index is 0.157. The lowest BCUT2D eigenvalue weighted by Gasteiger charge is -2.36. The molecule has 2 fully saturated rings. The molecule has 4 rings (SSSR count). The fourth-order valence-electron chi connectivity index (χ4n) is 4.23. The number of pyridine rings is 1. The van der Waals surface area contributed by atoms with Crippen LogP contribution in [-0.4, -0.2) is 62.0 Å². The Labute approximate surface area is 189 Å². The quantitative estimate of drug-likeness (QED) is 0.715. The Balaban J connectivity index is 1.38. The summed E-state index contributed by atoms with van der Waals surface area (Å²) in [5.41, 5.74) is 1.20. The van der Waals surface area contributed by atoms with Gasteiger partial charge in [-0.05, 0) is 56.5 Å². The van der Waals surface area contributed by atoms with E-state index in [1.165, 1.54) is 10.4 Å². The molecule has 1 aromatic carbocycles. The number of sulfonamides is 1. The lowest BCUT2D eigenvalue weighted by Crippen LogP contribution is -2.45. The van der Waals surface area contributed by atoms with Crippen LogP contribution in [-0.2, 0) is 21.3 Å². The predicted octanol–water partition coefficient (Wildman–Crippen LogP) is 2.41. The lowest BCUT2D eigenvalue weighted by molar-refractivity contribution is -0.00546. The summed E-state index contributed by atoms with van der Waals surface area (Å²) in [6.45, 7) is 7.07. The zero-order chi connectivity index (χ0) is 22.7. The molecular formula is C23H30N4O4S. The van der Waals surface area contributed by atoms with Crippen LogP contribution in [0.5, 0.6) is 0 Å². The number of hydrogen-bond acceptors (Lipinski definition) is 6. The number of benzene rings is 1. The first-order valence-electron chi connectivity index (χ1n) is 11.1.